The Bertz CT molecular complexity index is 6930. The summed E-state index contributed by atoms with van der Waals surface area (Å²) >= 11 is 0. The summed E-state index contributed by atoms with van der Waals surface area (Å²) in [6.07, 6.45) is 40.1. The molecule has 5 N–H and O–H groups in total. The fraction of sp³-hybridized carbons (Fsp3) is 0.400. The van der Waals surface area contributed by atoms with Crippen LogP contribution >= 0.6 is 0 Å². The standard InChI is InChI=1S/C27H33NO3.C26H31NO3.C25H29NO3.C24H27NO3.C23H25NO3/c1-19-12-14-20(15-13-19)26-25(27(29)28-2)24-21-11-9-7-5-3-4-6-8-10-18-30-22(21)16-17-23(24)31-26;1-18-11-13-19(14-12-18)25-24(26(28)27-2)23-20-10-8-6-4-3-5-7-9-17-29-21(20)15-16-22(23)30-25;1-17-10-12-18(13-11-17)24-23(25(27)26-2)22-19-9-7-5-3-4-6-8-16-28-20(19)14-15-21(22)29-24;1-16-9-11-17(12-10-16)23-22(24(26)25-2)21-18-8-6-4-3-5-7-15-27-19(18)13-14-20(21)28-23;1-15-8-10-16(11-9-15)22-21(23(25)24-2)20-17-7-5-3-4-6-14-26-18(17)12-13-19(20)27-22/h12-17H,3-11,18H2,1-2H3,(H,28,29);11-16H,3-10,17H2,1-2H3,(H,27,28);10-15H,3-9,16H2,1-2H3,(H,26,27);9-14H,3-8,15H2,1-2H3,(H,25,26);8-13H,3-7,14H2,1-2H3,(H,24,25). The zero-order chi connectivity index (χ0) is 101. The maximum atomic E-state index is 13.0. The SMILES string of the molecule is CNC(=O)c1c(-c2ccc(C)cc2)oc2ccc3c(c12)CCCCCCCCCCO3.CNC(=O)c1c(-c2ccc(C)cc2)oc2ccc3c(c12)CCCCCCCCCO3.CNC(=O)c1c(-c2ccc(C)cc2)oc2ccc3c(c12)CCCCCCCCO3.CNC(=O)c1c(-c2ccc(C)cc2)oc2ccc3c(c12)CCCCCCCO3.CNC(=O)c1c(-c2ccc(C)cc2)oc2ccc3c(c12)CCCCCCO3. The van der Waals surface area contributed by atoms with Gasteiger partial charge in [-0.15, -0.1) is 0 Å². The molecule has 20 rings (SSSR count). The summed E-state index contributed by atoms with van der Waals surface area (Å²) in [5, 5.41) is 18.5. The number of amides is 5. The lowest BCUT2D eigenvalue weighted by Gasteiger charge is -2.15. The van der Waals surface area contributed by atoms with Crippen molar-refractivity contribution in [1.82, 2.24) is 26.6 Å². The number of hydrogen-bond acceptors (Lipinski definition) is 15. The Hall–Kier alpha value is -13.8. The third-order valence-corrected chi connectivity index (χ3v) is 28.8. The highest BCUT2D eigenvalue weighted by molar-refractivity contribution is 6.17. The largest absolute Gasteiger partial charge is 0.493 e. The lowest BCUT2D eigenvalue weighted by atomic mass is 9.96. The van der Waals surface area contributed by atoms with Crippen LogP contribution in [0.3, 0.4) is 0 Å². The first-order chi connectivity index (χ1) is 70.9. The third-order valence-electron chi connectivity index (χ3n) is 28.8. The smallest absolute Gasteiger partial charge is 0.255 e. The average molecular weight is 1960 g/mol. The molecule has 0 atom stereocenters. The van der Waals surface area contributed by atoms with E-state index in [1.807, 2.05) is 196 Å². The van der Waals surface area contributed by atoms with Crippen LogP contribution in [0.2, 0.25) is 0 Å². The quantitative estimate of drug-likeness (QED) is 0.0853. The number of fused-ring (bicyclic) bond motifs is 15. The van der Waals surface area contributed by atoms with E-state index in [2.05, 4.69) is 47.4 Å². The third kappa shape index (κ3) is 25.3. The number of benzene rings is 10. The highest BCUT2D eigenvalue weighted by atomic mass is 16.5. The van der Waals surface area contributed by atoms with Crippen LogP contribution in [0.25, 0.3) is 111 Å². The van der Waals surface area contributed by atoms with Gasteiger partial charge in [-0.25, -0.2) is 0 Å². The monoisotopic (exact) mass is 1960 g/mol. The van der Waals surface area contributed by atoms with E-state index < -0.39 is 0 Å². The molecule has 760 valence electrons. The van der Waals surface area contributed by atoms with Gasteiger partial charge in [0, 0.05) is 118 Å². The average Bonchev–Trinajstić information content (AvgIpc) is 1.63. The fourth-order valence-electron chi connectivity index (χ4n) is 20.8. The van der Waals surface area contributed by atoms with E-state index in [-0.39, 0.29) is 29.5 Å². The molecule has 0 saturated heterocycles. The molecule has 10 heterocycles. The first kappa shape index (κ1) is 104. The maximum Gasteiger partial charge on any atom is 0.255 e. The van der Waals surface area contributed by atoms with Crippen LogP contribution in [-0.2, 0) is 32.1 Å². The van der Waals surface area contributed by atoms with Crippen molar-refractivity contribution < 1.29 is 69.7 Å². The van der Waals surface area contributed by atoms with Crippen LogP contribution in [0, 0.1) is 34.6 Å². The minimum absolute atomic E-state index is 0.120. The summed E-state index contributed by atoms with van der Waals surface area (Å²) in [6.45, 7) is 13.9. The van der Waals surface area contributed by atoms with Crippen molar-refractivity contribution in [2.24, 2.45) is 0 Å². The van der Waals surface area contributed by atoms with Crippen molar-refractivity contribution >= 4 is 84.4 Å². The fourth-order valence-corrected chi connectivity index (χ4v) is 20.8. The van der Waals surface area contributed by atoms with Crippen molar-refractivity contribution in [3.05, 3.63) is 265 Å². The molecule has 20 nitrogen and oxygen atoms in total. The van der Waals surface area contributed by atoms with E-state index in [9.17, 15) is 24.0 Å². The maximum absolute atomic E-state index is 13.0. The van der Waals surface area contributed by atoms with Crippen molar-refractivity contribution in [3.63, 3.8) is 0 Å². The summed E-state index contributed by atoms with van der Waals surface area (Å²) in [7, 11) is 8.34. The Balaban J connectivity index is 0.000000130. The summed E-state index contributed by atoms with van der Waals surface area (Å²) in [5.41, 5.74) is 22.7. The Kier molecular flexibility index (Phi) is 36.7. The van der Waals surface area contributed by atoms with E-state index in [0.717, 1.165) is 269 Å². The number of furan rings is 5. The Morgan fingerprint density at radius 3 is 0.483 bits per heavy atom. The first-order valence-corrected chi connectivity index (χ1v) is 53.5. The number of ether oxygens (including phenoxy) is 5. The van der Waals surface area contributed by atoms with Gasteiger partial charge in [0.15, 0.2) is 0 Å². The molecule has 0 bridgehead atoms. The number of carbonyl (C=O) groups excluding carboxylic acids is 5. The molecular weight excluding hydrogens is 1810 g/mol. The first-order valence-electron chi connectivity index (χ1n) is 53.5. The van der Waals surface area contributed by atoms with Gasteiger partial charge >= 0.3 is 0 Å². The Morgan fingerprint density at radius 2 is 0.331 bits per heavy atom. The topological polar surface area (TPSA) is 257 Å². The number of hydrogen-bond donors (Lipinski definition) is 5. The number of rotatable bonds is 10. The van der Waals surface area contributed by atoms with Crippen molar-refractivity contribution in [2.75, 3.05) is 68.3 Å². The van der Waals surface area contributed by atoms with Crippen molar-refractivity contribution in [3.8, 4) is 85.4 Å². The second-order valence-corrected chi connectivity index (χ2v) is 39.4. The normalized spacial score (nSPS) is 15.2. The van der Waals surface area contributed by atoms with Crippen molar-refractivity contribution in [2.45, 2.75) is 259 Å². The van der Waals surface area contributed by atoms with Gasteiger partial charge in [-0.2, -0.15) is 0 Å². The molecule has 0 radical (unpaired) electrons. The number of aryl methyl sites for hydroxylation is 10. The molecule has 5 aromatic heterocycles. The molecule has 15 aromatic rings. The molecule has 145 heavy (non-hydrogen) atoms. The summed E-state index contributed by atoms with van der Waals surface area (Å²) < 4.78 is 62.0. The van der Waals surface area contributed by atoms with Gasteiger partial charge in [0.25, 0.3) is 29.5 Å². The van der Waals surface area contributed by atoms with Crippen LogP contribution in [-0.4, -0.2) is 97.8 Å². The van der Waals surface area contributed by atoms with Gasteiger partial charge in [-0.1, -0.05) is 278 Å². The molecule has 0 unspecified atom stereocenters. The summed E-state index contributed by atoms with van der Waals surface area (Å²) in [5.74, 6) is 6.96. The lowest BCUT2D eigenvalue weighted by Crippen LogP contribution is -2.18. The Labute approximate surface area is 854 Å². The van der Waals surface area contributed by atoms with Crippen LogP contribution in [0.1, 0.15) is 300 Å². The molecule has 0 spiro atoms. The molecule has 0 aliphatic carbocycles. The van der Waals surface area contributed by atoms with Gasteiger partial charge in [-0.05, 0) is 192 Å². The number of carbonyl (C=O) groups is 5. The molecule has 0 fully saturated rings. The second-order valence-electron chi connectivity index (χ2n) is 39.4. The second kappa shape index (κ2) is 51.2. The molecule has 20 heteroatoms. The minimum atomic E-state index is -0.127. The van der Waals surface area contributed by atoms with Gasteiger partial charge in [-0.3, -0.25) is 24.0 Å². The molecule has 5 aliphatic heterocycles. The van der Waals surface area contributed by atoms with E-state index in [0.29, 0.717) is 56.6 Å². The predicted octanol–water partition coefficient (Wildman–Crippen LogP) is 30.2. The zero-order valence-electron chi connectivity index (χ0n) is 86.7. The number of nitrogens with one attached hydrogen (secondary N) is 5. The van der Waals surface area contributed by atoms with Gasteiger partial charge < -0.3 is 72.4 Å². The van der Waals surface area contributed by atoms with Gasteiger partial charge in [0.1, 0.15) is 85.5 Å². The molecule has 0 saturated carbocycles. The van der Waals surface area contributed by atoms with Crippen LogP contribution in [0.5, 0.6) is 28.7 Å². The Morgan fingerprint density at radius 1 is 0.186 bits per heavy atom. The van der Waals surface area contributed by atoms with Gasteiger partial charge in [0.05, 0.1) is 60.9 Å². The van der Waals surface area contributed by atoms with Gasteiger partial charge in [0.2, 0.25) is 0 Å². The predicted molar refractivity (Wildman–Crippen MR) is 583 cm³/mol. The summed E-state index contributed by atoms with van der Waals surface area (Å²) in [6, 6.07) is 60.3. The molecule has 10 aromatic carbocycles. The lowest BCUT2D eigenvalue weighted by molar-refractivity contribution is 0.0956. The molecular formula is C125H145N5O15. The van der Waals surface area contributed by atoms with Crippen LogP contribution < -0.4 is 50.3 Å². The van der Waals surface area contributed by atoms with Crippen molar-refractivity contribution in [1.29, 1.82) is 0 Å². The van der Waals surface area contributed by atoms with E-state index >= 15 is 0 Å². The highest BCUT2D eigenvalue weighted by Crippen LogP contribution is 2.48. The van der Waals surface area contributed by atoms with E-state index in [4.69, 9.17) is 45.8 Å². The summed E-state index contributed by atoms with van der Waals surface area (Å²) in [4.78, 5) is 64.7. The van der Waals surface area contributed by atoms with Crippen LogP contribution in [0.15, 0.2) is 204 Å². The van der Waals surface area contributed by atoms with E-state index in [1.165, 1.54) is 156 Å². The molecule has 5 amide bonds. The minimum Gasteiger partial charge on any atom is -0.493 e. The highest BCUT2D eigenvalue weighted by Gasteiger charge is 2.33. The zero-order valence-corrected chi connectivity index (χ0v) is 86.7. The van der Waals surface area contributed by atoms with E-state index in [1.54, 1.807) is 35.2 Å². The molecule has 5 aliphatic rings. The van der Waals surface area contributed by atoms with Crippen LogP contribution in [0.4, 0.5) is 0 Å².